The molecule has 2 rings (SSSR count). The zero-order chi connectivity index (χ0) is 15.1. The van der Waals surface area contributed by atoms with Crippen molar-refractivity contribution < 1.29 is 9.53 Å². The van der Waals surface area contributed by atoms with Gasteiger partial charge >= 0.3 is 0 Å². The molecule has 1 aromatic rings. The normalized spacial score (nSPS) is 21.8. The predicted molar refractivity (Wildman–Crippen MR) is 86.1 cm³/mol. The van der Waals surface area contributed by atoms with Gasteiger partial charge in [0.2, 0.25) is 0 Å². The molecule has 3 nitrogen and oxygen atoms in total. The number of alkyl halides is 1. The van der Waals surface area contributed by atoms with Crippen LogP contribution in [0.3, 0.4) is 0 Å². The number of hydrogen-bond acceptors (Lipinski definition) is 2. The highest BCUT2D eigenvalue weighted by molar-refractivity contribution is 6.30. The summed E-state index contributed by atoms with van der Waals surface area (Å²) in [5.41, 5.74) is 0. The van der Waals surface area contributed by atoms with Crippen molar-refractivity contribution in [2.75, 3.05) is 19.0 Å². The predicted octanol–water partition coefficient (Wildman–Crippen LogP) is 3.88. The molecule has 0 bridgehead atoms. The topological polar surface area (TPSA) is 38.3 Å². The Labute approximate surface area is 136 Å². The third-order valence-electron chi connectivity index (χ3n) is 4.01. The third kappa shape index (κ3) is 5.40. The summed E-state index contributed by atoms with van der Waals surface area (Å²) in [6.07, 6.45) is 4.80. The van der Waals surface area contributed by atoms with E-state index in [2.05, 4.69) is 5.32 Å². The van der Waals surface area contributed by atoms with Crippen LogP contribution >= 0.6 is 23.2 Å². The minimum atomic E-state index is -0.0937. The zero-order valence-corrected chi connectivity index (χ0v) is 13.5. The van der Waals surface area contributed by atoms with Gasteiger partial charge in [-0.1, -0.05) is 24.4 Å². The Bertz CT molecular complexity index is 450. The first-order valence-corrected chi connectivity index (χ1v) is 8.31. The molecular weight excluding hydrogens is 309 g/mol. The fourth-order valence-corrected chi connectivity index (χ4v) is 3.26. The molecule has 1 saturated carbocycles. The van der Waals surface area contributed by atoms with Gasteiger partial charge in [0, 0.05) is 17.4 Å². The molecule has 0 radical (unpaired) electrons. The molecule has 5 heteroatoms. The largest absolute Gasteiger partial charge is 0.484 e. The van der Waals surface area contributed by atoms with Crippen LogP contribution < -0.4 is 10.1 Å². The van der Waals surface area contributed by atoms with Crippen LogP contribution in [0.5, 0.6) is 5.75 Å². The van der Waals surface area contributed by atoms with Gasteiger partial charge in [-0.15, -0.1) is 11.6 Å². The van der Waals surface area contributed by atoms with Crippen molar-refractivity contribution in [3.05, 3.63) is 29.3 Å². The van der Waals surface area contributed by atoms with Crippen molar-refractivity contribution in [1.82, 2.24) is 5.32 Å². The lowest BCUT2D eigenvalue weighted by Crippen LogP contribution is -2.37. The first kappa shape index (κ1) is 16.4. The highest BCUT2D eigenvalue weighted by Gasteiger charge is 2.24. The first-order chi connectivity index (χ1) is 10.2. The summed E-state index contributed by atoms with van der Waals surface area (Å²) in [6.45, 7) is 0.722. The summed E-state index contributed by atoms with van der Waals surface area (Å²) in [5, 5.41) is 3.60. The number of ether oxygens (including phenoxy) is 1. The van der Waals surface area contributed by atoms with E-state index in [4.69, 9.17) is 27.9 Å². The highest BCUT2D eigenvalue weighted by Crippen LogP contribution is 2.30. The number of nitrogens with one attached hydrogen (secondary N) is 1. The van der Waals surface area contributed by atoms with Crippen LogP contribution in [0, 0.1) is 11.8 Å². The van der Waals surface area contributed by atoms with Crippen molar-refractivity contribution in [3.8, 4) is 5.75 Å². The van der Waals surface area contributed by atoms with Gasteiger partial charge in [-0.25, -0.2) is 0 Å². The van der Waals surface area contributed by atoms with E-state index >= 15 is 0 Å². The van der Waals surface area contributed by atoms with E-state index in [9.17, 15) is 4.79 Å². The van der Waals surface area contributed by atoms with Gasteiger partial charge < -0.3 is 10.1 Å². The average Bonchev–Trinajstić information content (AvgIpc) is 2.52. The average molecular weight is 330 g/mol. The lowest BCUT2D eigenvalue weighted by molar-refractivity contribution is -0.123. The summed E-state index contributed by atoms with van der Waals surface area (Å²) in [6, 6.07) is 6.98. The first-order valence-electron chi connectivity index (χ1n) is 7.40. The van der Waals surface area contributed by atoms with Gasteiger partial charge in [-0.05, 0) is 48.9 Å². The number of rotatable bonds is 6. The van der Waals surface area contributed by atoms with E-state index < -0.39 is 0 Å². The Balaban J connectivity index is 1.70. The Hall–Kier alpha value is -0.930. The Morgan fingerprint density at radius 1 is 1.19 bits per heavy atom. The maximum Gasteiger partial charge on any atom is 0.257 e. The third-order valence-corrected chi connectivity index (χ3v) is 4.66. The molecule has 1 aliphatic carbocycles. The molecule has 0 spiro atoms. The van der Waals surface area contributed by atoms with E-state index in [0.717, 1.165) is 6.42 Å². The lowest BCUT2D eigenvalue weighted by Gasteiger charge is -2.30. The molecule has 21 heavy (non-hydrogen) atoms. The van der Waals surface area contributed by atoms with Gasteiger partial charge in [0.25, 0.3) is 5.91 Å². The number of benzene rings is 1. The Morgan fingerprint density at radius 2 is 1.86 bits per heavy atom. The van der Waals surface area contributed by atoms with Gasteiger partial charge in [0.1, 0.15) is 5.75 Å². The van der Waals surface area contributed by atoms with Crippen LogP contribution in [0.4, 0.5) is 0 Å². The molecule has 0 aromatic heterocycles. The van der Waals surface area contributed by atoms with Crippen molar-refractivity contribution >= 4 is 29.1 Å². The smallest absolute Gasteiger partial charge is 0.257 e. The molecular formula is C16H21Cl2NO2. The van der Waals surface area contributed by atoms with Crippen LogP contribution in [-0.4, -0.2) is 24.9 Å². The Kier molecular flexibility index (Phi) is 6.65. The van der Waals surface area contributed by atoms with Gasteiger partial charge in [-0.3, -0.25) is 4.79 Å². The quantitative estimate of drug-likeness (QED) is 0.804. The van der Waals surface area contributed by atoms with E-state index in [0.29, 0.717) is 35.0 Å². The maximum atomic E-state index is 11.8. The van der Waals surface area contributed by atoms with Crippen molar-refractivity contribution in [1.29, 1.82) is 0 Å². The number of halogens is 2. The van der Waals surface area contributed by atoms with Crippen LogP contribution in [0.1, 0.15) is 25.7 Å². The summed E-state index contributed by atoms with van der Waals surface area (Å²) in [5.74, 6) is 2.25. The standard InChI is InChI=1S/C16H21Cl2NO2/c17-9-12-3-1-2-4-13(12)10-19-16(20)11-21-15-7-5-14(18)6-8-15/h5-8,12-13H,1-4,9-11H2,(H,19,20). The van der Waals surface area contributed by atoms with E-state index in [1.165, 1.54) is 19.3 Å². The molecule has 0 saturated heterocycles. The van der Waals surface area contributed by atoms with Crippen LogP contribution in [0.2, 0.25) is 5.02 Å². The van der Waals surface area contributed by atoms with Crippen molar-refractivity contribution in [2.24, 2.45) is 11.8 Å². The molecule has 116 valence electrons. The van der Waals surface area contributed by atoms with Crippen LogP contribution in [-0.2, 0) is 4.79 Å². The zero-order valence-electron chi connectivity index (χ0n) is 12.0. The SMILES string of the molecule is O=C(COc1ccc(Cl)cc1)NCC1CCCCC1CCl. The summed E-state index contributed by atoms with van der Waals surface area (Å²) < 4.78 is 5.42. The molecule has 0 heterocycles. The van der Waals surface area contributed by atoms with E-state index in [1.54, 1.807) is 24.3 Å². The van der Waals surface area contributed by atoms with Crippen molar-refractivity contribution in [3.63, 3.8) is 0 Å². The number of carbonyl (C=O) groups is 1. The minimum Gasteiger partial charge on any atom is -0.484 e. The highest BCUT2D eigenvalue weighted by atomic mass is 35.5. The number of amides is 1. The fraction of sp³-hybridized carbons (Fsp3) is 0.562. The fourth-order valence-electron chi connectivity index (χ4n) is 2.73. The number of hydrogen-bond donors (Lipinski definition) is 1. The monoisotopic (exact) mass is 329 g/mol. The number of carbonyl (C=O) groups excluding carboxylic acids is 1. The molecule has 2 unspecified atom stereocenters. The van der Waals surface area contributed by atoms with Crippen molar-refractivity contribution in [2.45, 2.75) is 25.7 Å². The second kappa shape index (κ2) is 8.50. The molecule has 1 N–H and O–H groups in total. The van der Waals surface area contributed by atoms with Gasteiger partial charge in [0.05, 0.1) is 0 Å². The molecule has 2 atom stereocenters. The molecule has 1 aromatic carbocycles. The summed E-state index contributed by atoms with van der Waals surface area (Å²) in [7, 11) is 0. The van der Waals surface area contributed by atoms with Gasteiger partial charge in [-0.2, -0.15) is 0 Å². The lowest BCUT2D eigenvalue weighted by atomic mass is 9.80. The minimum absolute atomic E-state index is 0.0277. The van der Waals surface area contributed by atoms with E-state index in [-0.39, 0.29) is 12.5 Å². The Morgan fingerprint density at radius 3 is 2.52 bits per heavy atom. The molecule has 1 aliphatic rings. The van der Waals surface area contributed by atoms with E-state index in [1.807, 2.05) is 0 Å². The molecule has 1 amide bonds. The molecule has 1 fully saturated rings. The second-order valence-corrected chi connectivity index (χ2v) is 6.25. The maximum absolute atomic E-state index is 11.8. The summed E-state index contributed by atoms with van der Waals surface area (Å²) in [4.78, 5) is 11.8. The second-order valence-electron chi connectivity index (χ2n) is 5.51. The summed E-state index contributed by atoms with van der Waals surface area (Å²) >= 11 is 11.8. The van der Waals surface area contributed by atoms with Gasteiger partial charge in [0.15, 0.2) is 6.61 Å². The molecule has 0 aliphatic heterocycles. The van der Waals surface area contributed by atoms with Crippen LogP contribution in [0.15, 0.2) is 24.3 Å². The van der Waals surface area contributed by atoms with Crippen LogP contribution in [0.25, 0.3) is 0 Å².